The number of rotatable bonds is 4. The molecule has 0 aromatic heterocycles. The Morgan fingerprint density at radius 2 is 1.72 bits per heavy atom. The summed E-state index contributed by atoms with van der Waals surface area (Å²) in [5, 5.41) is 0. The maximum atomic E-state index is 5.66. The van der Waals surface area contributed by atoms with E-state index in [-0.39, 0.29) is 0 Å². The van der Waals surface area contributed by atoms with Crippen LogP contribution in [-0.2, 0) is 0 Å². The molecule has 0 saturated heterocycles. The fourth-order valence-electron chi connectivity index (χ4n) is 1.90. The van der Waals surface area contributed by atoms with E-state index in [9.17, 15) is 0 Å². The van der Waals surface area contributed by atoms with E-state index in [0.29, 0.717) is 6.61 Å². The van der Waals surface area contributed by atoms with Crippen molar-refractivity contribution < 1.29 is 9.47 Å². The summed E-state index contributed by atoms with van der Waals surface area (Å²) in [5.74, 6) is 1.70. The third-order valence-corrected chi connectivity index (χ3v) is 3.27. The van der Waals surface area contributed by atoms with Crippen molar-refractivity contribution in [3.05, 3.63) is 46.9 Å². The van der Waals surface area contributed by atoms with Crippen LogP contribution in [0.4, 0.5) is 0 Å². The van der Waals surface area contributed by atoms with Crippen molar-refractivity contribution in [2.24, 2.45) is 0 Å². The van der Waals surface area contributed by atoms with E-state index in [1.54, 1.807) is 7.11 Å². The number of methoxy groups -OCH3 is 1. The molecule has 0 aliphatic carbocycles. The van der Waals surface area contributed by atoms with Crippen molar-refractivity contribution in [3.63, 3.8) is 0 Å². The van der Waals surface area contributed by atoms with E-state index in [1.807, 2.05) is 49.4 Å². The molecule has 0 atom stereocenters. The first kappa shape index (κ1) is 13.0. The van der Waals surface area contributed by atoms with E-state index < -0.39 is 0 Å². The van der Waals surface area contributed by atoms with Gasteiger partial charge in [-0.05, 0) is 35.0 Å². The molecule has 2 aromatic rings. The van der Waals surface area contributed by atoms with Gasteiger partial charge in [0.15, 0.2) is 0 Å². The number of para-hydroxylation sites is 2. The standard InChI is InChI=1S/C15H15BrO2/c1-3-18-14-10-5-4-7-11(14)12-8-6-9-13(16)15(12)17-2/h4-10H,3H2,1-2H3. The predicted octanol–water partition coefficient (Wildman–Crippen LogP) is 4.52. The first-order valence-corrected chi connectivity index (χ1v) is 6.62. The Bertz CT molecular complexity index is 538. The van der Waals surface area contributed by atoms with E-state index in [1.165, 1.54) is 0 Å². The summed E-state index contributed by atoms with van der Waals surface area (Å²) in [7, 11) is 1.67. The molecule has 0 heterocycles. The molecule has 0 amide bonds. The van der Waals surface area contributed by atoms with Crippen molar-refractivity contribution in [3.8, 4) is 22.6 Å². The minimum Gasteiger partial charge on any atom is -0.495 e. The largest absolute Gasteiger partial charge is 0.495 e. The van der Waals surface area contributed by atoms with Gasteiger partial charge < -0.3 is 9.47 Å². The Hall–Kier alpha value is -1.48. The Labute approximate surface area is 116 Å². The Kier molecular flexibility index (Phi) is 4.26. The molecule has 0 aliphatic heterocycles. The summed E-state index contributed by atoms with van der Waals surface area (Å²) in [6.07, 6.45) is 0. The van der Waals surface area contributed by atoms with Gasteiger partial charge in [0.1, 0.15) is 11.5 Å². The third kappa shape index (κ3) is 2.51. The van der Waals surface area contributed by atoms with Gasteiger partial charge in [0.25, 0.3) is 0 Å². The summed E-state index contributed by atoms with van der Waals surface area (Å²) in [6, 6.07) is 14.0. The van der Waals surface area contributed by atoms with E-state index in [2.05, 4.69) is 15.9 Å². The monoisotopic (exact) mass is 306 g/mol. The molecule has 0 unspecified atom stereocenters. The van der Waals surface area contributed by atoms with Gasteiger partial charge in [0.05, 0.1) is 18.2 Å². The van der Waals surface area contributed by atoms with Gasteiger partial charge in [0.2, 0.25) is 0 Å². The van der Waals surface area contributed by atoms with Crippen LogP contribution in [-0.4, -0.2) is 13.7 Å². The summed E-state index contributed by atoms with van der Waals surface area (Å²) in [5.41, 5.74) is 2.06. The van der Waals surface area contributed by atoms with Crippen molar-refractivity contribution in [2.75, 3.05) is 13.7 Å². The summed E-state index contributed by atoms with van der Waals surface area (Å²) < 4.78 is 12.1. The van der Waals surface area contributed by atoms with Crippen LogP contribution in [0.3, 0.4) is 0 Å². The molecule has 0 spiro atoms. The topological polar surface area (TPSA) is 18.5 Å². The van der Waals surface area contributed by atoms with Gasteiger partial charge in [-0.15, -0.1) is 0 Å². The molecule has 18 heavy (non-hydrogen) atoms. The highest BCUT2D eigenvalue weighted by Gasteiger charge is 2.12. The highest BCUT2D eigenvalue weighted by molar-refractivity contribution is 9.10. The number of hydrogen-bond donors (Lipinski definition) is 0. The first-order chi connectivity index (χ1) is 8.77. The van der Waals surface area contributed by atoms with Gasteiger partial charge in [-0.1, -0.05) is 30.3 Å². The molecule has 0 aliphatic rings. The highest BCUT2D eigenvalue weighted by atomic mass is 79.9. The van der Waals surface area contributed by atoms with Gasteiger partial charge in [-0.3, -0.25) is 0 Å². The molecule has 0 N–H and O–H groups in total. The molecule has 94 valence electrons. The van der Waals surface area contributed by atoms with Crippen molar-refractivity contribution >= 4 is 15.9 Å². The molecule has 2 rings (SSSR count). The molecule has 0 fully saturated rings. The molecule has 0 radical (unpaired) electrons. The minimum absolute atomic E-state index is 0.646. The van der Waals surface area contributed by atoms with Crippen LogP contribution in [0.2, 0.25) is 0 Å². The van der Waals surface area contributed by atoms with Crippen LogP contribution < -0.4 is 9.47 Å². The van der Waals surface area contributed by atoms with Crippen LogP contribution in [0.5, 0.6) is 11.5 Å². The lowest BCUT2D eigenvalue weighted by molar-refractivity contribution is 0.341. The van der Waals surface area contributed by atoms with Crippen molar-refractivity contribution in [2.45, 2.75) is 6.92 Å². The molecule has 2 aromatic carbocycles. The van der Waals surface area contributed by atoms with Crippen LogP contribution in [0.25, 0.3) is 11.1 Å². The number of ether oxygens (including phenoxy) is 2. The normalized spacial score (nSPS) is 10.2. The number of benzene rings is 2. The minimum atomic E-state index is 0.646. The maximum absolute atomic E-state index is 5.66. The first-order valence-electron chi connectivity index (χ1n) is 5.82. The fraction of sp³-hybridized carbons (Fsp3) is 0.200. The third-order valence-electron chi connectivity index (χ3n) is 2.65. The smallest absolute Gasteiger partial charge is 0.140 e. The van der Waals surface area contributed by atoms with Gasteiger partial charge in [0, 0.05) is 11.1 Å². The molecule has 0 saturated carbocycles. The zero-order chi connectivity index (χ0) is 13.0. The zero-order valence-electron chi connectivity index (χ0n) is 10.4. The van der Waals surface area contributed by atoms with E-state index >= 15 is 0 Å². The molecule has 0 bridgehead atoms. The van der Waals surface area contributed by atoms with Crippen molar-refractivity contribution in [1.82, 2.24) is 0 Å². The van der Waals surface area contributed by atoms with Crippen LogP contribution >= 0.6 is 15.9 Å². The average molecular weight is 307 g/mol. The van der Waals surface area contributed by atoms with E-state index in [4.69, 9.17) is 9.47 Å². The van der Waals surface area contributed by atoms with Gasteiger partial charge >= 0.3 is 0 Å². The Balaban J connectivity index is 2.58. The van der Waals surface area contributed by atoms with Gasteiger partial charge in [-0.25, -0.2) is 0 Å². The quantitative estimate of drug-likeness (QED) is 0.826. The number of hydrogen-bond acceptors (Lipinski definition) is 2. The molecular formula is C15H15BrO2. The van der Waals surface area contributed by atoms with Crippen LogP contribution in [0.1, 0.15) is 6.92 Å². The lowest BCUT2D eigenvalue weighted by Crippen LogP contribution is -1.95. The van der Waals surface area contributed by atoms with E-state index in [0.717, 1.165) is 27.1 Å². The molecule has 3 heteroatoms. The second-order valence-corrected chi connectivity index (χ2v) is 4.60. The summed E-state index contributed by atoms with van der Waals surface area (Å²) in [6.45, 7) is 2.63. The molecule has 2 nitrogen and oxygen atoms in total. The second kappa shape index (κ2) is 5.91. The Morgan fingerprint density at radius 1 is 1.00 bits per heavy atom. The zero-order valence-corrected chi connectivity index (χ0v) is 12.0. The van der Waals surface area contributed by atoms with Crippen LogP contribution in [0.15, 0.2) is 46.9 Å². The van der Waals surface area contributed by atoms with Crippen molar-refractivity contribution in [1.29, 1.82) is 0 Å². The maximum Gasteiger partial charge on any atom is 0.140 e. The number of halogens is 1. The average Bonchev–Trinajstić information content (AvgIpc) is 2.39. The summed E-state index contributed by atoms with van der Waals surface area (Å²) in [4.78, 5) is 0. The lowest BCUT2D eigenvalue weighted by atomic mass is 10.0. The second-order valence-electron chi connectivity index (χ2n) is 3.75. The highest BCUT2D eigenvalue weighted by Crippen LogP contribution is 2.40. The van der Waals surface area contributed by atoms with Gasteiger partial charge in [-0.2, -0.15) is 0 Å². The molecular weight excluding hydrogens is 292 g/mol. The fourth-order valence-corrected chi connectivity index (χ4v) is 2.43. The van der Waals surface area contributed by atoms with Crippen LogP contribution in [0, 0.1) is 0 Å². The SMILES string of the molecule is CCOc1ccccc1-c1cccc(Br)c1OC. The lowest BCUT2D eigenvalue weighted by Gasteiger charge is -2.14. The predicted molar refractivity (Wildman–Crippen MR) is 77.3 cm³/mol. The summed E-state index contributed by atoms with van der Waals surface area (Å²) >= 11 is 3.50. The Morgan fingerprint density at radius 3 is 2.44 bits per heavy atom.